The molecule has 2 aliphatic rings. The summed E-state index contributed by atoms with van der Waals surface area (Å²) in [6.45, 7) is 6.21. The Kier molecular flexibility index (Phi) is 6.34. The molecule has 2 aliphatic heterocycles. The molecule has 182 valence electrons. The molecule has 3 aromatic rings. The van der Waals surface area contributed by atoms with Gasteiger partial charge >= 0.3 is 0 Å². The van der Waals surface area contributed by atoms with Crippen LogP contribution in [0.1, 0.15) is 35.2 Å². The van der Waals surface area contributed by atoms with Crippen LogP contribution in [0.2, 0.25) is 0 Å². The number of hydrogen-bond donors (Lipinski definition) is 1. The monoisotopic (exact) mass is 481 g/mol. The molecule has 0 unspecified atom stereocenters. The van der Waals surface area contributed by atoms with E-state index in [4.69, 9.17) is 9.47 Å². The van der Waals surface area contributed by atoms with Gasteiger partial charge in [0.05, 0.1) is 11.6 Å². The fourth-order valence-corrected chi connectivity index (χ4v) is 4.82. The van der Waals surface area contributed by atoms with Gasteiger partial charge in [-0.25, -0.2) is 0 Å². The molecule has 0 saturated carbocycles. The molecule has 1 saturated heterocycles. The summed E-state index contributed by atoms with van der Waals surface area (Å²) in [5.41, 5.74) is 3.05. The fourth-order valence-electron chi connectivity index (χ4n) is 4.82. The first-order chi connectivity index (χ1) is 17.5. The first-order valence-electron chi connectivity index (χ1n) is 11.9. The summed E-state index contributed by atoms with van der Waals surface area (Å²) in [7, 11) is 0. The molecule has 2 atom stereocenters. The number of carbonyl (C=O) groups excluding carboxylic acids is 2. The summed E-state index contributed by atoms with van der Waals surface area (Å²) >= 11 is 0. The van der Waals surface area contributed by atoms with E-state index in [1.54, 1.807) is 30.3 Å². The van der Waals surface area contributed by atoms with Gasteiger partial charge in [-0.1, -0.05) is 55.1 Å². The van der Waals surface area contributed by atoms with Crippen molar-refractivity contribution in [1.29, 1.82) is 0 Å². The van der Waals surface area contributed by atoms with E-state index in [1.807, 2.05) is 55.5 Å². The van der Waals surface area contributed by atoms with Gasteiger partial charge in [0.2, 0.25) is 0 Å². The second-order valence-electron chi connectivity index (χ2n) is 9.04. The number of aliphatic hydroxyl groups is 1. The van der Waals surface area contributed by atoms with Crippen molar-refractivity contribution in [3.63, 3.8) is 0 Å². The molecular formula is C30H27NO5. The zero-order chi connectivity index (χ0) is 25.2. The second-order valence-corrected chi connectivity index (χ2v) is 9.04. The van der Waals surface area contributed by atoms with Crippen molar-refractivity contribution in [1.82, 2.24) is 4.90 Å². The third-order valence-electron chi connectivity index (χ3n) is 6.45. The highest BCUT2D eigenvalue weighted by Crippen LogP contribution is 2.42. The van der Waals surface area contributed by atoms with Crippen molar-refractivity contribution in [2.75, 3.05) is 6.61 Å². The summed E-state index contributed by atoms with van der Waals surface area (Å²) in [6, 6.07) is 21.3. The molecule has 0 spiro atoms. The van der Waals surface area contributed by atoms with Crippen LogP contribution >= 0.6 is 0 Å². The number of nitrogens with zero attached hydrogens (tertiary/aromatic N) is 1. The lowest BCUT2D eigenvalue weighted by molar-refractivity contribution is -0.140. The van der Waals surface area contributed by atoms with E-state index in [1.165, 1.54) is 4.90 Å². The van der Waals surface area contributed by atoms with Gasteiger partial charge in [0.15, 0.2) is 0 Å². The Morgan fingerprint density at radius 1 is 1.11 bits per heavy atom. The predicted octanol–water partition coefficient (Wildman–Crippen LogP) is 5.20. The van der Waals surface area contributed by atoms with Crippen molar-refractivity contribution in [3.8, 4) is 11.5 Å². The SMILES string of the molecule is C=CCOc1cccc([C@H]2/C(=C(\O)c3ccc4c(c3)C[C@@H](C)O4)C(=O)C(=O)N2Cc2ccccc2)c1. The Labute approximate surface area is 210 Å². The molecule has 1 fully saturated rings. The number of likely N-dealkylation sites (tertiary alicyclic amines) is 1. The molecule has 0 aliphatic carbocycles. The van der Waals surface area contributed by atoms with Crippen molar-refractivity contribution in [2.24, 2.45) is 0 Å². The van der Waals surface area contributed by atoms with Crippen LogP contribution in [-0.2, 0) is 22.6 Å². The van der Waals surface area contributed by atoms with Gasteiger partial charge in [0.25, 0.3) is 11.7 Å². The number of fused-ring (bicyclic) bond motifs is 1. The largest absolute Gasteiger partial charge is 0.507 e. The van der Waals surface area contributed by atoms with Crippen LogP contribution in [0.4, 0.5) is 0 Å². The average molecular weight is 482 g/mol. The Balaban J connectivity index is 1.62. The fraction of sp³-hybridized carbons (Fsp3) is 0.200. The Hall–Kier alpha value is -4.32. The smallest absolute Gasteiger partial charge is 0.295 e. The van der Waals surface area contributed by atoms with Crippen LogP contribution in [0, 0.1) is 0 Å². The summed E-state index contributed by atoms with van der Waals surface area (Å²) in [5, 5.41) is 11.4. The van der Waals surface area contributed by atoms with E-state index >= 15 is 0 Å². The lowest BCUT2D eigenvalue weighted by Crippen LogP contribution is -2.29. The maximum Gasteiger partial charge on any atom is 0.295 e. The molecule has 6 nitrogen and oxygen atoms in total. The highest BCUT2D eigenvalue weighted by Gasteiger charge is 2.46. The van der Waals surface area contributed by atoms with Crippen LogP contribution in [0.3, 0.4) is 0 Å². The molecule has 36 heavy (non-hydrogen) atoms. The summed E-state index contributed by atoms with van der Waals surface area (Å²) < 4.78 is 11.5. The highest BCUT2D eigenvalue weighted by molar-refractivity contribution is 6.46. The van der Waals surface area contributed by atoms with Crippen LogP contribution in [0.15, 0.2) is 91.0 Å². The number of rotatable bonds is 7. The van der Waals surface area contributed by atoms with Gasteiger partial charge in [-0.05, 0) is 53.9 Å². The second kappa shape index (κ2) is 9.74. The maximum atomic E-state index is 13.4. The van der Waals surface area contributed by atoms with Gasteiger partial charge in [0, 0.05) is 18.5 Å². The van der Waals surface area contributed by atoms with Crippen molar-refractivity contribution in [2.45, 2.75) is 32.0 Å². The first kappa shape index (κ1) is 23.4. The Morgan fingerprint density at radius 3 is 2.69 bits per heavy atom. The lowest BCUT2D eigenvalue weighted by Gasteiger charge is -2.26. The van der Waals surface area contributed by atoms with Gasteiger partial charge in [-0.15, -0.1) is 0 Å². The zero-order valence-corrected chi connectivity index (χ0v) is 20.0. The molecule has 0 aromatic heterocycles. The summed E-state index contributed by atoms with van der Waals surface area (Å²) in [5.74, 6) is -0.209. The molecule has 5 rings (SSSR count). The van der Waals surface area contributed by atoms with Crippen molar-refractivity contribution >= 4 is 17.4 Å². The quantitative estimate of drug-likeness (QED) is 0.217. The molecule has 0 bridgehead atoms. The lowest BCUT2D eigenvalue weighted by atomic mass is 9.94. The van der Waals surface area contributed by atoms with E-state index in [0.29, 0.717) is 29.9 Å². The van der Waals surface area contributed by atoms with E-state index in [0.717, 1.165) is 16.9 Å². The average Bonchev–Trinajstić information content (AvgIpc) is 3.39. The number of amides is 1. The van der Waals surface area contributed by atoms with Crippen LogP contribution in [0.25, 0.3) is 5.76 Å². The molecule has 6 heteroatoms. The molecule has 1 N–H and O–H groups in total. The third kappa shape index (κ3) is 4.38. The molecular weight excluding hydrogens is 454 g/mol. The summed E-state index contributed by atoms with van der Waals surface area (Å²) in [6.07, 6.45) is 2.41. The Bertz CT molecular complexity index is 1360. The van der Waals surface area contributed by atoms with E-state index < -0.39 is 17.7 Å². The number of hydrogen-bond acceptors (Lipinski definition) is 5. The molecule has 0 radical (unpaired) electrons. The minimum atomic E-state index is -0.777. The topological polar surface area (TPSA) is 76.1 Å². The van der Waals surface area contributed by atoms with Gasteiger partial charge in [0.1, 0.15) is 30.0 Å². The predicted molar refractivity (Wildman–Crippen MR) is 137 cm³/mol. The van der Waals surface area contributed by atoms with E-state index in [2.05, 4.69) is 6.58 Å². The number of benzene rings is 3. The number of carbonyl (C=O) groups is 2. The summed E-state index contributed by atoms with van der Waals surface area (Å²) in [4.78, 5) is 28.2. The normalized spacial score (nSPS) is 20.2. The van der Waals surface area contributed by atoms with Crippen LogP contribution in [-0.4, -0.2) is 34.4 Å². The maximum absolute atomic E-state index is 13.4. The molecule has 2 heterocycles. The van der Waals surface area contributed by atoms with Gasteiger partial charge in [-0.2, -0.15) is 0 Å². The minimum Gasteiger partial charge on any atom is -0.507 e. The minimum absolute atomic E-state index is 0.0483. The van der Waals surface area contributed by atoms with Crippen LogP contribution in [0.5, 0.6) is 11.5 Å². The van der Waals surface area contributed by atoms with Gasteiger partial charge in [-0.3, -0.25) is 9.59 Å². The van der Waals surface area contributed by atoms with E-state index in [9.17, 15) is 14.7 Å². The van der Waals surface area contributed by atoms with E-state index in [-0.39, 0.29) is 24.0 Å². The number of Topliss-reactive ketones (excluding diaryl/α,β-unsaturated/α-hetero) is 1. The van der Waals surface area contributed by atoms with Crippen molar-refractivity contribution in [3.05, 3.63) is 113 Å². The third-order valence-corrected chi connectivity index (χ3v) is 6.45. The first-order valence-corrected chi connectivity index (χ1v) is 11.9. The standard InChI is InChI=1S/C30H27NO5/c1-3-14-35-24-11-7-10-21(17-24)27-26(28(32)22-12-13-25-23(16-22)15-19(2)36-25)29(33)30(34)31(27)18-20-8-5-4-6-9-20/h3-13,16-17,19,27,32H,1,14-15,18H2,2H3/b28-26+/t19-,27+/m1/s1. The van der Waals surface area contributed by atoms with Gasteiger partial charge < -0.3 is 19.5 Å². The molecule has 1 amide bonds. The van der Waals surface area contributed by atoms with Crippen molar-refractivity contribution < 1.29 is 24.2 Å². The van der Waals surface area contributed by atoms with Crippen LogP contribution < -0.4 is 9.47 Å². The molecule has 3 aromatic carbocycles. The number of aliphatic hydroxyl groups excluding tert-OH is 1. The zero-order valence-electron chi connectivity index (χ0n) is 20.0. The number of ketones is 1. The number of ether oxygens (including phenoxy) is 2. The Morgan fingerprint density at radius 2 is 1.92 bits per heavy atom. The highest BCUT2D eigenvalue weighted by atomic mass is 16.5.